The molecule has 0 atom stereocenters. The Morgan fingerprint density at radius 3 is 2.69 bits per heavy atom. The van der Waals surface area contributed by atoms with E-state index in [1.165, 1.54) is 34.9 Å². The molecule has 0 saturated heterocycles. The molecule has 11 heteroatoms. The van der Waals surface area contributed by atoms with Gasteiger partial charge in [-0.05, 0) is 47.6 Å². The van der Waals surface area contributed by atoms with Gasteiger partial charge in [-0.1, -0.05) is 0 Å². The van der Waals surface area contributed by atoms with Crippen molar-refractivity contribution in [1.82, 2.24) is 4.57 Å². The lowest BCUT2D eigenvalue weighted by molar-refractivity contribution is -0.0173. The molecule has 0 fully saturated rings. The van der Waals surface area contributed by atoms with Gasteiger partial charge in [0, 0.05) is 28.3 Å². The number of carbonyl (C=O) groups is 1. The molecule has 1 aliphatic rings. The van der Waals surface area contributed by atoms with Crippen LogP contribution in [0.3, 0.4) is 0 Å². The van der Waals surface area contributed by atoms with E-state index in [-0.39, 0.29) is 42.3 Å². The van der Waals surface area contributed by atoms with Gasteiger partial charge < -0.3 is 24.5 Å². The Balaban J connectivity index is 1.55. The van der Waals surface area contributed by atoms with Crippen LogP contribution in [0.15, 0.2) is 53.7 Å². The van der Waals surface area contributed by atoms with Gasteiger partial charge in [-0.3, -0.25) is 4.79 Å². The molecule has 178 valence electrons. The van der Waals surface area contributed by atoms with Crippen LogP contribution in [0, 0.1) is 22.4 Å². The Kier molecular flexibility index (Phi) is 5.61. The van der Waals surface area contributed by atoms with Gasteiger partial charge in [-0.2, -0.15) is 0 Å². The van der Waals surface area contributed by atoms with Crippen molar-refractivity contribution in [2.75, 3.05) is 12.1 Å². The van der Waals surface area contributed by atoms with E-state index in [9.17, 15) is 28.0 Å². The molecule has 2 N–H and O–H groups in total. The maximum atomic E-state index is 14.2. The summed E-state index contributed by atoms with van der Waals surface area (Å²) in [5.74, 6) is -3.28. The molecule has 0 spiro atoms. The first-order valence-corrected chi connectivity index (χ1v) is 10.3. The van der Waals surface area contributed by atoms with Gasteiger partial charge in [0.25, 0.3) is 5.91 Å². The predicted octanol–water partition coefficient (Wildman–Crippen LogP) is 5.33. The standard InChI is InChI=1S/C24H16F3N3O5/c25-14-1-3-17(19(27)7-14)23(31)28-16-2-4-18-20(8-16)30(24(32)21(18)29-33)9-12-5-15(26)6-13-10-34-11-35-22(12)13/h1-8,32H,9-11H2,(H,28,31). The van der Waals surface area contributed by atoms with E-state index in [0.29, 0.717) is 28.5 Å². The van der Waals surface area contributed by atoms with Crippen LogP contribution in [0.4, 0.5) is 24.5 Å². The molecule has 0 unspecified atom stereocenters. The van der Waals surface area contributed by atoms with Crippen molar-refractivity contribution in [3.63, 3.8) is 0 Å². The quantitative estimate of drug-likeness (QED) is 0.374. The number of hydrogen-bond acceptors (Lipinski definition) is 6. The lowest BCUT2D eigenvalue weighted by Crippen LogP contribution is -2.15. The van der Waals surface area contributed by atoms with Crippen LogP contribution in [0.2, 0.25) is 0 Å². The number of anilines is 1. The smallest absolute Gasteiger partial charge is 0.258 e. The van der Waals surface area contributed by atoms with Crippen LogP contribution >= 0.6 is 0 Å². The maximum absolute atomic E-state index is 14.2. The number of carbonyl (C=O) groups excluding carboxylic acids is 1. The van der Waals surface area contributed by atoms with E-state index >= 15 is 0 Å². The van der Waals surface area contributed by atoms with E-state index in [2.05, 4.69) is 10.5 Å². The number of fused-ring (bicyclic) bond motifs is 2. The second-order valence-electron chi connectivity index (χ2n) is 7.82. The summed E-state index contributed by atoms with van der Waals surface area (Å²) in [7, 11) is 0. The SMILES string of the molecule is O=Nc1c(O)n(Cc2cc(F)cc3c2OCOC3)c2cc(NC(=O)c3ccc(F)cc3F)ccc12. The van der Waals surface area contributed by atoms with Crippen LogP contribution in [0.25, 0.3) is 10.9 Å². The van der Waals surface area contributed by atoms with Gasteiger partial charge in [-0.25, -0.2) is 13.2 Å². The van der Waals surface area contributed by atoms with E-state index in [1.54, 1.807) is 0 Å². The summed E-state index contributed by atoms with van der Waals surface area (Å²) in [4.78, 5) is 24.0. The summed E-state index contributed by atoms with van der Waals surface area (Å²) in [6.07, 6.45) is 0. The van der Waals surface area contributed by atoms with Gasteiger partial charge in [0.2, 0.25) is 5.88 Å². The van der Waals surface area contributed by atoms with Gasteiger partial charge in [0.1, 0.15) is 23.2 Å². The summed E-state index contributed by atoms with van der Waals surface area (Å²) < 4.78 is 53.4. The molecule has 0 bridgehead atoms. The third-order valence-electron chi connectivity index (χ3n) is 5.62. The minimum Gasteiger partial charge on any atom is -0.493 e. The second kappa shape index (κ2) is 8.76. The van der Waals surface area contributed by atoms with E-state index in [4.69, 9.17) is 9.47 Å². The molecule has 1 aromatic heterocycles. The monoisotopic (exact) mass is 483 g/mol. The number of aromatic nitrogens is 1. The first-order valence-electron chi connectivity index (χ1n) is 10.3. The Hall–Kier alpha value is -4.38. The number of benzene rings is 3. The third kappa shape index (κ3) is 4.06. The lowest BCUT2D eigenvalue weighted by atomic mass is 10.1. The minimum absolute atomic E-state index is 0.0265. The molecule has 0 radical (unpaired) electrons. The zero-order valence-electron chi connectivity index (χ0n) is 17.8. The number of ether oxygens (including phenoxy) is 2. The zero-order valence-corrected chi connectivity index (χ0v) is 17.8. The van der Waals surface area contributed by atoms with Gasteiger partial charge in [0.05, 0.1) is 24.2 Å². The summed E-state index contributed by atoms with van der Waals surface area (Å²) >= 11 is 0. The first kappa shape index (κ1) is 22.4. The molecular weight excluding hydrogens is 467 g/mol. The zero-order chi connectivity index (χ0) is 24.7. The van der Waals surface area contributed by atoms with Crippen molar-refractivity contribution in [1.29, 1.82) is 0 Å². The number of halogens is 3. The van der Waals surface area contributed by atoms with E-state index in [0.717, 1.165) is 12.1 Å². The molecule has 0 saturated carbocycles. The molecule has 4 aromatic rings. The molecule has 0 aliphatic carbocycles. The molecule has 8 nitrogen and oxygen atoms in total. The fourth-order valence-electron chi connectivity index (χ4n) is 4.06. The van der Waals surface area contributed by atoms with Crippen molar-refractivity contribution in [3.05, 3.63) is 87.6 Å². The maximum Gasteiger partial charge on any atom is 0.258 e. The highest BCUT2D eigenvalue weighted by molar-refractivity contribution is 6.06. The van der Waals surface area contributed by atoms with Crippen LogP contribution in [0.5, 0.6) is 11.6 Å². The number of nitrogens with zero attached hydrogens (tertiary/aromatic N) is 2. The topological polar surface area (TPSA) is 102 Å². The van der Waals surface area contributed by atoms with Crippen molar-refractivity contribution in [2.24, 2.45) is 5.18 Å². The molecule has 5 rings (SSSR count). The first-order chi connectivity index (χ1) is 16.9. The van der Waals surface area contributed by atoms with Crippen molar-refractivity contribution >= 4 is 28.2 Å². The molecule has 1 amide bonds. The van der Waals surface area contributed by atoms with Crippen LogP contribution in [-0.2, 0) is 17.9 Å². The Labute approximate surface area is 195 Å². The summed E-state index contributed by atoms with van der Waals surface area (Å²) in [6.45, 7) is 0.0268. The van der Waals surface area contributed by atoms with Crippen LogP contribution < -0.4 is 10.1 Å². The van der Waals surface area contributed by atoms with Gasteiger partial charge >= 0.3 is 0 Å². The summed E-state index contributed by atoms with van der Waals surface area (Å²) in [5.41, 5.74) is 0.761. The van der Waals surface area contributed by atoms with Crippen LogP contribution in [-0.4, -0.2) is 22.4 Å². The van der Waals surface area contributed by atoms with E-state index in [1.807, 2.05) is 0 Å². The molecule has 3 aromatic carbocycles. The number of hydrogen-bond donors (Lipinski definition) is 2. The fourth-order valence-corrected chi connectivity index (χ4v) is 4.06. The van der Waals surface area contributed by atoms with Gasteiger partial charge in [0.15, 0.2) is 12.5 Å². The average molecular weight is 483 g/mol. The Morgan fingerprint density at radius 2 is 1.91 bits per heavy atom. The largest absolute Gasteiger partial charge is 0.493 e. The predicted molar refractivity (Wildman–Crippen MR) is 119 cm³/mol. The highest BCUT2D eigenvalue weighted by atomic mass is 19.1. The summed E-state index contributed by atoms with van der Waals surface area (Å²) in [5, 5.41) is 16.4. The Morgan fingerprint density at radius 1 is 1.09 bits per heavy atom. The number of rotatable bonds is 5. The Bertz CT molecular complexity index is 1500. The number of nitrogens with one attached hydrogen (secondary N) is 1. The summed E-state index contributed by atoms with van der Waals surface area (Å²) in [6, 6.07) is 9.42. The third-order valence-corrected chi connectivity index (χ3v) is 5.62. The normalized spacial score (nSPS) is 12.8. The van der Waals surface area contributed by atoms with E-state index < -0.39 is 29.2 Å². The van der Waals surface area contributed by atoms with Gasteiger partial charge in [-0.15, -0.1) is 4.91 Å². The van der Waals surface area contributed by atoms with Crippen molar-refractivity contribution in [3.8, 4) is 11.6 Å². The van der Waals surface area contributed by atoms with Crippen molar-refractivity contribution in [2.45, 2.75) is 13.2 Å². The molecule has 35 heavy (non-hydrogen) atoms. The average Bonchev–Trinajstić information content (AvgIpc) is 3.08. The molecule has 2 heterocycles. The minimum atomic E-state index is -1.03. The molecule has 1 aliphatic heterocycles. The highest BCUT2D eigenvalue weighted by Gasteiger charge is 2.23. The fraction of sp³-hybridized carbons (Fsp3) is 0.125. The number of amides is 1. The molecular formula is C24H16F3N3O5. The van der Waals surface area contributed by atoms with Crippen LogP contribution in [0.1, 0.15) is 21.5 Å². The van der Waals surface area contributed by atoms with Crippen molar-refractivity contribution < 1.29 is 32.5 Å². The highest BCUT2D eigenvalue weighted by Crippen LogP contribution is 2.41. The second-order valence-corrected chi connectivity index (χ2v) is 7.82. The number of nitroso groups, excluding NO2 is 1. The lowest BCUT2D eigenvalue weighted by Gasteiger charge is -2.21. The number of aromatic hydroxyl groups is 1.